The van der Waals surface area contributed by atoms with Crippen molar-refractivity contribution in [1.29, 1.82) is 0 Å². The molecule has 1 aromatic heterocycles. The lowest BCUT2D eigenvalue weighted by atomic mass is 10.0. The van der Waals surface area contributed by atoms with Crippen molar-refractivity contribution >= 4 is 38.9 Å². The van der Waals surface area contributed by atoms with Crippen molar-refractivity contribution in [2.45, 2.75) is 55.6 Å². The summed E-state index contributed by atoms with van der Waals surface area (Å²) in [7, 11) is -2.34. The molecule has 0 aliphatic carbocycles. The van der Waals surface area contributed by atoms with E-state index in [1.807, 2.05) is 6.92 Å². The van der Waals surface area contributed by atoms with Gasteiger partial charge in [-0.15, -0.1) is 11.3 Å². The first-order chi connectivity index (χ1) is 18.2. The molecule has 39 heavy (non-hydrogen) atoms. The second-order valence-electron chi connectivity index (χ2n) is 9.59. The van der Waals surface area contributed by atoms with Gasteiger partial charge in [-0.1, -0.05) is 13.0 Å². The number of ether oxygens (including phenoxy) is 1. The Morgan fingerprint density at radius 2 is 2.05 bits per heavy atom. The van der Waals surface area contributed by atoms with Gasteiger partial charge in [0.05, 0.1) is 32.0 Å². The highest BCUT2D eigenvalue weighted by Gasteiger charge is 2.34. The molecule has 3 atom stereocenters. The monoisotopic (exact) mass is 591 g/mol. The number of hydrogen-bond acceptors (Lipinski definition) is 7. The van der Waals surface area contributed by atoms with Crippen LogP contribution in [-0.2, 0) is 26.0 Å². The Hall–Kier alpha value is -2.68. The van der Waals surface area contributed by atoms with Crippen LogP contribution >= 0.6 is 11.3 Å². The van der Waals surface area contributed by atoms with E-state index in [0.717, 1.165) is 11.3 Å². The molecule has 0 bridgehead atoms. The fourth-order valence-corrected chi connectivity index (χ4v) is 6.50. The lowest BCUT2D eigenvalue weighted by Gasteiger charge is -2.33. The summed E-state index contributed by atoms with van der Waals surface area (Å²) in [6, 6.07) is 7.03. The summed E-state index contributed by atoms with van der Waals surface area (Å²) >= 11 is 1.09. The van der Waals surface area contributed by atoms with Gasteiger partial charge in [-0.25, -0.2) is 8.42 Å². The Bertz CT molecular complexity index is 1250. The molecule has 0 spiro atoms. The maximum Gasteiger partial charge on any atom is 0.389 e. The van der Waals surface area contributed by atoms with Gasteiger partial charge in [-0.3, -0.25) is 9.59 Å². The molecule has 3 rings (SSSR count). The fourth-order valence-electron chi connectivity index (χ4n) is 4.12. The minimum Gasteiger partial charge on any atom is -0.488 e. The van der Waals surface area contributed by atoms with Crippen LogP contribution < -0.4 is 10.1 Å². The van der Waals surface area contributed by atoms with Gasteiger partial charge in [0.1, 0.15) is 16.1 Å². The SMILES string of the molecule is C[C@@H]1CN([C@H](C)CO)C(=O)Cc2cc(NC(=O)CCC(F)(F)F)ccc2O[C@H]1CN(C)S(=O)(=O)c1cccs1. The van der Waals surface area contributed by atoms with Crippen molar-refractivity contribution in [2.24, 2.45) is 5.92 Å². The number of amides is 2. The smallest absolute Gasteiger partial charge is 0.389 e. The summed E-state index contributed by atoms with van der Waals surface area (Å²) in [4.78, 5) is 26.8. The maximum atomic E-state index is 13.3. The number of sulfonamides is 1. The van der Waals surface area contributed by atoms with Gasteiger partial charge in [0.25, 0.3) is 10.0 Å². The van der Waals surface area contributed by atoms with Gasteiger partial charge in [0.2, 0.25) is 11.8 Å². The van der Waals surface area contributed by atoms with E-state index in [2.05, 4.69) is 5.32 Å². The van der Waals surface area contributed by atoms with E-state index in [1.165, 1.54) is 40.5 Å². The highest BCUT2D eigenvalue weighted by atomic mass is 32.2. The zero-order valence-corrected chi connectivity index (χ0v) is 23.4. The molecule has 216 valence electrons. The quantitative estimate of drug-likeness (QED) is 0.461. The topological polar surface area (TPSA) is 116 Å². The van der Waals surface area contributed by atoms with Crippen molar-refractivity contribution in [3.63, 3.8) is 0 Å². The minimum atomic E-state index is -4.47. The number of benzene rings is 1. The van der Waals surface area contributed by atoms with E-state index in [-0.39, 0.29) is 53.6 Å². The highest BCUT2D eigenvalue weighted by molar-refractivity contribution is 7.91. The first kappa shape index (κ1) is 30.9. The van der Waals surface area contributed by atoms with Crippen LogP contribution in [0.4, 0.5) is 18.9 Å². The number of fused-ring (bicyclic) bond motifs is 1. The van der Waals surface area contributed by atoms with E-state index in [1.54, 1.807) is 18.4 Å². The predicted molar refractivity (Wildman–Crippen MR) is 140 cm³/mol. The lowest BCUT2D eigenvalue weighted by Crippen LogP contribution is -2.48. The van der Waals surface area contributed by atoms with Crippen LogP contribution in [-0.4, -0.2) is 79.6 Å². The van der Waals surface area contributed by atoms with Crippen molar-refractivity contribution in [1.82, 2.24) is 9.21 Å². The number of thiophene rings is 1. The Labute approximate surface area is 229 Å². The second-order valence-corrected chi connectivity index (χ2v) is 12.8. The number of aliphatic hydroxyl groups excluding tert-OH is 1. The average Bonchev–Trinajstić information content (AvgIpc) is 3.42. The molecule has 14 heteroatoms. The molecule has 0 saturated carbocycles. The molecular formula is C25H32F3N3O6S2. The van der Waals surface area contributed by atoms with E-state index in [4.69, 9.17) is 4.74 Å². The molecule has 0 unspecified atom stereocenters. The average molecular weight is 592 g/mol. The first-order valence-corrected chi connectivity index (χ1v) is 14.6. The van der Waals surface area contributed by atoms with E-state index in [9.17, 15) is 36.3 Å². The Balaban J connectivity index is 1.91. The molecule has 2 aromatic rings. The lowest BCUT2D eigenvalue weighted by molar-refractivity contribution is -0.142. The van der Waals surface area contributed by atoms with Gasteiger partial charge in [0, 0.05) is 37.2 Å². The third kappa shape index (κ3) is 8.16. The Morgan fingerprint density at radius 3 is 2.67 bits per heavy atom. The standard InChI is InChI=1S/C25H32F3N3O6S2/c1-16-13-31(17(2)15-32)23(34)12-18-11-19(29-22(33)8-9-25(26,27)28)6-7-20(18)37-21(16)14-30(3)39(35,36)24-5-4-10-38-24/h4-7,10-11,16-17,21,32H,8-9,12-15H2,1-3H3,(H,29,33)/t16-,17-,21+/m1/s1. The van der Waals surface area contributed by atoms with Crippen LogP contribution in [0.25, 0.3) is 0 Å². The van der Waals surface area contributed by atoms with Crippen molar-refractivity contribution in [3.05, 3.63) is 41.3 Å². The van der Waals surface area contributed by atoms with E-state index >= 15 is 0 Å². The van der Waals surface area contributed by atoms with E-state index < -0.39 is 47.1 Å². The highest BCUT2D eigenvalue weighted by Crippen LogP contribution is 2.30. The van der Waals surface area contributed by atoms with Crippen LogP contribution in [0.2, 0.25) is 0 Å². The van der Waals surface area contributed by atoms with Crippen LogP contribution in [0.3, 0.4) is 0 Å². The molecular weight excluding hydrogens is 559 g/mol. The predicted octanol–water partition coefficient (Wildman–Crippen LogP) is 3.50. The van der Waals surface area contributed by atoms with Gasteiger partial charge in [-0.05, 0) is 36.6 Å². The molecule has 1 aromatic carbocycles. The van der Waals surface area contributed by atoms with Gasteiger partial charge in [-0.2, -0.15) is 17.5 Å². The largest absolute Gasteiger partial charge is 0.488 e. The number of carbonyl (C=O) groups is 2. The molecule has 1 aliphatic heterocycles. The summed E-state index contributed by atoms with van der Waals surface area (Å²) in [6.45, 7) is 3.36. The van der Waals surface area contributed by atoms with Crippen LogP contribution in [0.1, 0.15) is 32.3 Å². The summed E-state index contributed by atoms with van der Waals surface area (Å²) in [5, 5.41) is 13.8. The normalized spacial score (nSPS) is 19.5. The molecule has 2 heterocycles. The zero-order chi connectivity index (χ0) is 29.0. The number of hydrogen-bond donors (Lipinski definition) is 2. The molecule has 0 radical (unpaired) electrons. The van der Waals surface area contributed by atoms with Crippen molar-refractivity contribution < 1.29 is 41.0 Å². The van der Waals surface area contributed by atoms with Crippen molar-refractivity contribution in [2.75, 3.05) is 32.1 Å². The second kappa shape index (κ2) is 12.7. The third-order valence-corrected chi connectivity index (χ3v) is 9.63. The van der Waals surface area contributed by atoms with Crippen LogP contribution in [0.5, 0.6) is 5.75 Å². The first-order valence-electron chi connectivity index (χ1n) is 12.3. The number of anilines is 1. The van der Waals surface area contributed by atoms with E-state index in [0.29, 0.717) is 5.56 Å². The van der Waals surface area contributed by atoms with Gasteiger partial charge >= 0.3 is 6.18 Å². The van der Waals surface area contributed by atoms with Gasteiger partial charge < -0.3 is 20.1 Å². The summed E-state index contributed by atoms with van der Waals surface area (Å²) < 4.78 is 71.2. The number of nitrogens with one attached hydrogen (secondary N) is 1. The number of rotatable bonds is 9. The molecule has 0 fully saturated rings. The Kier molecular flexibility index (Phi) is 10.0. The molecule has 2 amide bonds. The molecule has 1 aliphatic rings. The van der Waals surface area contributed by atoms with Gasteiger partial charge in [0.15, 0.2) is 0 Å². The molecule has 9 nitrogen and oxygen atoms in total. The molecule has 2 N–H and O–H groups in total. The van der Waals surface area contributed by atoms with Crippen LogP contribution in [0.15, 0.2) is 39.9 Å². The summed E-state index contributed by atoms with van der Waals surface area (Å²) in [5.74, 6) is -1.22. The number of carbonyl (C=O) groups excluding carboxylic acids is 2. The number of nitrogens with zero attached hydrogens (tertiary/aromatic N) is 2. The number of alkyl halides is 3. The Morgan fingerprint density at radius 1 is 1.33 bits per heavy atom. The maximum absolute atomic E-state index is 13.3. The number of likely N-dealkylation sites (N-methyl/N-ethyl adjacent to an activating group) is 1. The number of halogens is 3. The zero-order valence-electron chi connectivity index (χ0n) is 21.8. The fraction of sp³-hybridized carbons (Fsp3) is 0.520. The minimum absolute atomic E-state index is 0.0354. The molecule has 0 saturated heterocycles. The summed E-state index contributed by atoms with van der Waals surface area (Å²) in [5.41, 5.74) is 0.562. The summed E-state index contributed by atoms with van der Waals surface area (Å²) in [6.07, 6.45) is -7.34. The van der Waals surface area contributed by atoms with Crippen molar-refractivity contribution in [3.8, 4) is 5.75 Å². The number of aliphatic hydroxyl groups is 1. The van der Waals surface area contributed by atoms with Crippen LogP contribution in [0, 0.1) is 5.92 Å². The third-order valence-electron chi connectivity index (χ3n) is 6.43.